The number of hydrogen-bond donors (Lipinski definition) is 1. The Bertz CT molecular complexity index is 388. The smallest absolute Gasteiger partial charge is 0.0538 e. The second-order valence-electron chi connectivity index (χ2n) is 5.59. The number of nitrogens with zero attached hydrogens (tertiary/aromatic N) is 3. The summed E-state index contributed by atoms with van der Waals surface area (Å²) in [6.07, 6.45) is 5.25. The van der Waals surface area contributed by atoms with Gasteiger partial charge in [-0.15, -0.1) is 0 Å². The van der Waals surface area contributed by atoms with Crippen molar-refractivity contribution in [1.29, 1.82) is 0 Å². The summed E-state index contributed by atoms with van der Waals surface area (Å²) in [5.74, 6) is 1.18. The van der Waals surface area contributed by atoms with Crippen LogP contribution in [-0.2, 0) is 7.05 Å². The molecule has 0 aromatic carbocycles. The maximum atomic E-state index is 5.98. The van der Waals surface area contributed by atoms with Crippen molar-refractivity contribution >= 4 is 11.8 Å². The number of thioether (sulfide) groups is 1. The Kier molecular flexibility index (Phi) is 4.35. The first kappa shape index (κ1) is 13.9. The third kappa shape index (κ3) is 3.28. The molecular weight excluding hydrogens is 244 g/mol. The summed E-state index contributed by atoms with van der Waals surface area (Å²) >= 11 is 2.07. The maximum absolute atomic E-state index is 5.98. The van der Waals surface area contributed by atoms with Crippen LogP contribution in [0.4, 0.5) is 0 Å². The molecule has 1 saturated heterocycles. The van der Waals surface area contributed by atoms with Crippen molar-refractivity contribution in [2.45, 2.75) is 31.1 Å². The second-order valence-corrected chi connectivity index (χ2v) is 7.40. The number of aromatic nitrogens is 2. The maximum Gasteiger partial charge on any atom is 0.0538 e. The van der Waals surface area contributed by atoms with Gasteiger partial charge < -0.3 is 5.73 Å². The highest BCUT2D eigenvalue weighted by molar-refractivity contribution is 8.00. The summed E-state index contributed by atoms with van der Waals surface area (Å²) in [7, 11) is 1.96. The number of hydrogen-bond acceptors (Lipinski definition) is 4. The van der Waals surface area contributed by atoms with Crippen LogP contribution in [0.3, 0.4) is 0 Å². The van der Waals surface area contributed by atoms with E-state index < -0.39 is 0 Å². The molecule has 18 heavy (non-hydrogen) atoms. The molecule has 4 nitrogen and oxygen atoms in total. The van der Waals surface area contributed by atoms with Gasteiger partial charge in [0.15, 0.2) is 0 Å². The van der Waals surface area contributed by atoms with E-state index in [0.29, 0.717) is 17.3 Å². The summed E-state index contributed by atoms with van der Waals surface area (Å²) in [6, 6.07) is 0.313. The van der Waals surface area contributed by atoms with Crippen molar-refractivity contribution < 1.29 is 0 Å². The average Bonchev–Trinajstić information content (AvgIpc) is 2.64. The van der Waals surface area contributed by atoms with Gasteiger partial charge in [-0.05, 0) is 6.42 Å². The molecule has 1 fully saturated rings. The van der Waals surface area contributed by atoms with Crippen molar-refractivity contribution in [3.63, 3.8) is 0 Å². The van der Waals surface area contributed by atoms with Gasteiger partial charge in [-0.1, -0.05) is 13.8 Å². The van der Waals surface area contributed by atoms with Gasteiger partial charge in [-0.3, -0.25) is 9.58 Å². The summed E-state index contributed by atoms with van der Waals surface area (Å²) in [5.41, 5.74) is 7.22. The molecule has 0 bridgehead atoms. The van der Waals surface area contributed by atoms with Crippen LogP contribution in [0.25, 0.3) is 0 Å². The topological polar surface area (TPSA) is 47.1 Å². The lowest BCUT2D eigenvalue weighted by molar-refractivity contribution is 0.211. The number of aryl methyl sites for hydroxylation is 1. The Morgan fingerprint density at radius 1 is 1.50 bits per heavy atom. The first-order chi connectivity index (χ1) is 8.52. The van der Waals surface area contributed by atoms with Crippen LogP contribution in [0.5, 0.6) is 0 Å². The molecule has 0 amide bonds. The van der Waals surface area contributed by atoms with Crippen LogP contribution in [0.15, 0.2) is 12.4 Å². The van der Waals surface area contributed by atoms with E-state index in [1.165, 1.54) is 17.7 Å². The van der Waals surface area contributed by atoms with Crippen LogP contribution in [0.2, 0.25) is 0 Å². The van der Waals surface area contributed by atoms with Gasteiger partial charge in [-0.25, -0.2) is 0 Å². The predicted octanol–water partition coefficient (Wildman–Crippen LogP) is 1.64. The molecule has 0 radical (unpaired) electrons. The standard InChI is InChI=1S/C13H24N4S/c1-13(2)4-5-17(6-7-18-13)12(8-14)11-9-15-16(3)10-11/h9-10,12H,4-8,14H2,1-3H3. The predicted molar refractivity (Wildman–Crippen MR) is 77.7 cm³/mol. The Hall–Kier alpha value is -0.520. The zero-order valence-corrected chi connectivity index (χ0v) is 12.4. The van der Waals surface area contributed by atoms with Crippen LogP contribution in [0.1, 0.15) is 31.9 Å². The fourth-order valence-electron chi connectivity index (χ4n) is 2.46. The molecule has 0 saturated carbocycles. The van der Waals surface area contributed by atoms with Gasteiger partial charge >= 0.3 is 0 Å². The lowest BCUT2D eigenvalue weighted by Crippen LogP contribution is -2.35. The third-order valence-corrected chi connectivity index (χ3v) is 5.02. The van der Waals surface area contributed by atoms with Crippen LogP contribution in [-0.4, -0.2) is 44.8 Å². The van der Waals surface area contributed by atoms with Crippen molar-refractivity contribution in [1.82, 2.24) is 14.7 Å². The SMILES string of the molecule is Cn1cc(C(CN)N2CCSC(C)(C)CC2)cn1. The molecule has 1 atom stereocenters. The van der Waals surface area contributed by atoms with Crippen molar-refractivity contribution in [2.24, 2.45) is 12.8 Å². The van der Waals surface area contributed by atoms with Crippen LogP contribution >= 0.6 is 11.8 Å². The number of nitrogens with two attached hydrogens (primary N) is 1. The third-order valence-electron chi connectivity index (χ3n) is 3.65. The first-order valence-corrected chi connectivity index (χ1v) is 7.57. The highest BCUT2D eigenvalue weighted by Gasteiger charge is 2.27. The summed E-state index contributed by atoms with van der Waals surface area (Å²) in [6.45, 7) is 7.57. The molecule has 2 heterocycles. The normalized spacial score (nSPS) is 22.7. The minimum atomic E-state index is 0.313. The van der Waals surface area contributed by atoms with E-state index in [2.05, 4.69) is 41.8 Å². The van der Waals surface area contributed by atoms with Gasteiger partial charge in [0, 0.05) is 48.9 Å². The molecule has 0 spiro atoms. The molecular formula is C13H24N4S. The highest BCUT2D eigenvalue weighted by atomic mass is 32.2. The Balaban J connectivity index is 2.08. The Labute approximate surface area is 114 Å². The monoisotopic (exact) mass is 268 g/mol. The van der Waals surface area contributed by atoms with E-state index in [9.17, 15) is 0 Å². The van der Waals surface area contributed by atoms with Gasteiger partial charge in [-0.2, -0.15) is 16.9 Å². The average molecular weight is 268 g/mol. The van der Waals surface area contributed by atoms with Crippen LogP contribution in [0, 0.1) is 0 Å². The van der Waals surface area contributed by atoms with Gasteiger partial charge in [0.05, 0.1) is 12.2 Å². The van der Waals surface area contributed by atoms with E-state index in [0.717, 1.165) is 13.1 Å². The number of rotatable bonds is 3. The van der Waals surface area contributed by atoms with E-state index in [4.69, 9.17) is 5.73 Å². The molecule has 1 unspecified atom stereocenters. The highest BCUT2D eigenvalue weighted by Crippen LogP contribution is 2.33. The minimum absolute atomic E-state index is 0.313. The van der Waals surface area contributed by atoms with E-state index >= 15 is 0 Å². The molecule has 1 aliphatic heterocycles. The summed E-state index contributed by atoms with van der Waals surface area (Å²) in [5, 5.41) is 4.26. The van der Waals surface area contributed by atoms with E-state index in [-0.39, 0.29) is 0 Å². The molecule has 2 N–H and O–H groups in total. The lowest BCUT2D eigenvalue weighted by atomic mass is 10.1. The van der Waals surface area contributed by atoms with Crippen molar-refractivity contribution in [2.75, 3.05) is 25.4 Å². The minimum Gasteiger partial charge on any atom is -0.329 e. The van der Waals surface area contributed by atoms with Crippen LogP contribution < -0.4 is 5.73 Å². The summed E-state index contributed by atoms with van der Waals surface area (Å²) < 4.78 is 2.25. The Morgan fingerprint density at radius 2 is 2.28 bits per heavy atom. The molecule has 5 heteroatoms. The molecule has 102 valence electrons. The molecule has 1 aromatic rings. The van der Waals surface area contributed by atoms with Gasteiger partial charge in [0.25, 0.3) is 0 Å². The quantitative estimate of drug-likeness (QED) is 0.905. The van der Waals surface area contributed by atoms with E-state index in [1.807, 2.05) is 17.9 Å². The van der Waals surface area contributed by atoms with E-state index in [1.54, 1.807) is 0 Å². The lowest BCUT2D eigenvalue weighted by Gasteiger charge is -2.29. The van der Waals surface area contributed by atoms with Gasteiger partial charge in [0.1, 0.15) is 0 Å². The molecule has 1 aliphatic rings. The molecule has 1 aromatic heterocycles. The zero-order chi connectivity index (χ0) is 13.2. The fourth-order valence-corrected chi connectivity index (χ4v) is 3.57. The molecule has 0 aliphatic carbocycles. The van der Waals surface area contributed by atoms with Crippen molar-refractivity contribution in [3.05, 3.63) is 18.0 Å². The summed E-state index contributed by atoms with van der Waals surface area (Å²) in [4.78, 5) is 2.51. The molecule has 2 rings (SSSR count). The first-order valence-electron chi connectivity index (χ1n) is 6.58. The Morgan fingerprint density at radius 3 is 2.89 bits per heavy atom. The largest absolute Gasteiger partial charge is 0.329 e. The fraction of sp³-hybridized carbons (Fsp3) is 0.769. The van der Waals surface area contributed by atoms with Crippen molar-refractivity contribution in [3.8, 4) is 0 Å². The zero-order valence-electron chi connectivity index (χ0n) is 11.6. The van der Waals surface area contributed by atoms with Gasteiger partial charge in [0.2, 0.25) is 0 Å². The second kappa shape index (κ2) is 5.63.